The summed E-state index contributed by atoms with van der Waals surface area (Å²) in [6.45, 7) is 9.91. The molecule has 0 aromatic heterocycles. The molecule has 0 saturated carbocycles. The van der Waals surface area contributed by atoms with Gasteiger partial charge in [0, 0.05) is 22.2 Å². The summed E-state index contributed by atoms with van der Waals surface area (Å²) in [7, 11) is -2.28. The lowest BCUT2D eigenvalue weighted by molar-refractivity contribution is 0.660. The third-order valence-corrected chi connectivity index (χ3v) is 17.6. The van der Waals surface area contributed by atoms with Gasteiger partial charge in [-0.3, -0.25) is 0 Å². The number of fused-ring (bicyclic) bond motifs is 12. The third-order valence-electron chi connectivity index (χ3n) is 14.1. The lowest BCUT2D eigenvalue weighted by atomic mass is 9.59. The first-order valence-electron chi connectivity index (χ1n) is 20.7. The predicted molar refractivity (Wildman–Crippen MR) is 248 cm³/mol. The fourth-order valence-corrected chi connectivity index (χ4v) is 14.7. The number of rotatable bonds is 3. The van der Waals surface area contributed by atoms with E-state index in [2.05, 4.69) is 220 Å². The summed E-state index contributed by atoms with van der Waals surface area (Å²) >= 11 is 0. The van der Waals surface area contributed by atoms with Gasteiger partial charge in [0.15, 0.2) is 0 Å². The van der Waals surface area contributed by atoms with E-state index in [9.17, 15) is 0 Å². The molecule has 1 aliphatic heterocycles. The molecule has 2 heteroatoms. The SMILES string of the molecule is CC1(C)c2ccccc2-c2ccc(N(c3ccc4c(c3)[Si](C)(C)c3ccccc3C43c4ccccc4-c4cccc5cccc3c45)c3cccc4ccccc34)cc21. The van der Waals surface area contributed by atoms with E-state index in [0.717, 1.165) is 0 Å². The number of anilines is 3. The van der Waals surface area contributed by atoms with Crippen LogP contribution in [0.25, 0.3) is 43.8 Å². The van der Waals surface area contributed by atoms with Gasteiger partial charge >= 0.3 is 0 Å². The molecule has 0 fully saturated rings. The van der Waals surface area contributed by atoms with Gasteiger partial charge in [-0.05, 0) is 112 Å². The molecule has 1 atom stereocenters. The topological polar surface area (TPSA) is 3.24 Å². The van der Waals surface area contributed by atoms with Crippen molar-refractivity contribution >= 4 is 57.1 Å². The molecule has 12 rings (SSSR count). The molecule has 0 amide bonds. The lowest BCUT2D eigenvalue weighted by Gasteiger charge is -2.50. The van der Waals surface area contributed by atoms with Crippen molar-refractivity contribution in [3.05, 3.63) is 221 Å². The van der Waals surface area contributed by atoms with E-state index in [1.165, 1.54) is 105 Å². The maximum atomic E-state index is 2.59. The van der Waals surface area contributed by atoms with Gasteiger partial charge in [-0.15, -0.1) is 0 Å². The quantitative estimate of drug-likeness (QED) is 0.162. The summed E-state index contributed by atoms with van der Waals surface area (Å²) in [4.78, 5) is 2.55. The van der Waals surface area contributed by atoms with E-state index in [0.29, 0.717) is 0 Å². The Morgan fingerprint density at radius 2 is 0.948 bits per heavy atom. The molecule has 1 spiro atoms. The van der Waals surface area contributed by atoms with Crippen LogP contribution < -0.4 is 15.3 Å². The van der Waals surface area contributed by atoms with Crippen LogP contribution >= 0.6 is 0 Å². The van der Waals surface area contributed by atoms with Crippen molar-refractivity contribution in [2.45, 2.75) is 37.8 Å². The Kier molecular flexibility index (Phi) is 6.84. The zero-order valence-electron chi connectivity index (χ0n) is 33.3. The highest BCUT2D eigenvalue weighted by Crippen LogP contribution is 2.57. The summed E-state index contributed by atoms with van der Waals surface area (Å²) < 4.78 is 0. The van der Waals surface area contributed by atoms with Crippen LogP contribution in [0.3, 0.4) is 0 Å². The zero-order chi connectivity index (χ0) is 39.0. The van der Waals surface area contributed by atoms with Gasteiger partial charge in [0.1, 0.15) is 8.07 Å². The summed E-state index contributed by atoms with van der Waals surface area (Å²) in [5.74, 6) is 0. The minimum atomic E-state index is -2.28. The highest BCUT2D eigenvalue weighted by atomic mass is 28.3. The van der Waals surface area contributed by atoms with Gasteiger partial charge in [-0.2, -0.15) is 0 Å². The van der Waals surface area contributed by atoms with Gasteiger partial charge in [-0.25, -0.2) is 0 Å². The molecule has 1 heterocycles. The molecule has 1 unspecified atom stereocenters. The van der Waals surface area contributed by atoms with Crippen molar-refractivity contribution in [2.75, 3.05) is 4.90 Å². The van der Waals surface area contributed by atoms with E-state index in [1.54, 1.807) is 0 Å². The molecule has 276 valence electrons. The Labute approximate surface area is 341 Å². The highest BCUT2D eigenvalue weighted by molar-refractivity contribution is 7.01. The predicted octanol–water partition coefficient (Wildman–Crippen LogP) is 13.3. The second-order valence-corrected chi connectivity index (χ2v) is 22.0. The van der Waals surface area contributed by atoms with E-state index in [-0.39, 0.29) is 5.41 Å². The third kappa shape index (κ3) is 4.25. The maximum absolute atomic E-state index is 2.59. The number of benzene rings is 9. The lowest BCUT2D eigenvalue weighted by Crippen LogP contribution is -2.63. The first-order chi connectivity index (χ1) is 28.3. The van der Waals surface area contributed by atoms with E-state index in [4.69, 9.17) is 0 Å². The van der Waals surface area contributed by atoms with E-state index >= 15 is 0 Å². The van der Waals surface area contributed by atoms with Crippen LogP contribution in [0.2, 0.25) is 13.1 Å². The Balaban J connectivity index is 1.16. The zero-order valence-corrected chi connectivity index (χ0v) is 34.3. The van der Waals surface area contributed by atoms with Crippen LogP contribution in [0.15, 0.2) is 188 Å². The van der Waals surface area contributed by atoms with Crippen LogP contribution in [0, 0.1) is 0 Å². The largest absolute Gasteiger partial charge is 0.310 e. The van der Waals surface area contributed by atoms with Crippen LogP contribution in [0.4, 0.5) is 17.1 Å². The van der Waals surface area contributed by atoms with Gasteiger partial charge < -0.3 is 4.90 Å². The Morgan fingerprint density at radius 3 is 1.79 bits per heavy atom. The molecular weight excluding hydrogens is 715 g/mol. The summed E-state index contributed by atoms with van der Waals surface area (Å²) in [6, 6.07) is 71.8. The molecule has 0 N–H and O–H groups in total. The van der Waals surface area contributed by atoms with Gasteiger partial charge in [0.05, 0.1) is 11.1 Å². The van der Waals surface area contributed by atoms with Crippen molar-refractivity contribution < 1.29 is 0 Å². The summed E-state index contributed by atoms with van der Waals surface area (Å²) in [6.07, 6.45) is 0. The smallest absolute Gasteiger partial charge is 0.113 e. The second-order valence-electron chi connectivity index (χ2n) is 17.6. The standard InChI is InChI=1S/C56H43NSi/c1-55(2)45-24-9-7-21-41(45)43-32-30-38(34-50(43)55)57(51-28-15-17-36-16-5-6-20-40(36)51)39-31-33-48-53(35-39)58(3,4)52-29-12-11-26-47(52)56(48)46-25-10-8-22-42(46)44-23-13-18-37-19-14-27-49(56)54(37)44/h5-35H,1-4H3. The van der Waals surface area contributed by atoms with Crippen LogP contribution in [0.5, 0.6) is 0 Å². The highest BCUT2D eigenvalue weighted by Gasteiger charge is 2.52. The summed E-state index contributed by atoms with van der Waals surface area (Å²) in [5, 5.41) is 8.16. The first kappa shape index (κ1) is 33.6. The molecule has 1 nitrogen and oxygen atoms in total. The van der Waals surface area contributed by atoms with E-state index < -0.39 is 13.5 Å². The number of hydrogen-bond donors (Lipinski definition) is 0. The molecule has 0 radical (unpaired) electrons. The number of nitrogens with zero attached hydrogens (tertiary/aromatic N) is 1. The molecule has 3 aliphatic rings. The molecule has 9 aromatic carbocycles. The molecule has 58 heavy (non-hydrogen) atoms. The number of hydrogen-bond acceptors (Lipinski definition) is 1. The minimum Gasteiger partial charge on any atom is -0.310 e. The molecular formula is C56H43NSi. The van der Waals surface area contributed by atoms with Crippen LogP contribution in [0.1, 0.15) is 47.2 Å². The van der Waals surface area contributed by atoms with Crippen molar-refractivity contribution in [3.63, 3.8) is 0 Å². The van der Waals surface area contributed by atoms with Gasteiger partial charge in [-0.1, -0.05) is 185 Å². The minimum absolute atomic E-state index is 0.112. The van der Waals surface area contributed by atoms with Crippen LogP contribution in [-0.2, 0) is 10.8 Å². The van der Waals surface area contributed by atoms with Crippen LogP contribution in [-0.4, -0.2) is 8.07 Å². The first-order valence-corrected chi connectivity index (χ1v) is 23.7. The monoisotopic (exact) mass is 757 g/mol. The molecule has 9 aromatic rings. The van der Waals surface area contributed by atoms with Gasteiger partial charge in [0.2, 0.25) is 0 Å². The van der Waals surface area contributed by atoms with E-state index in [1.807, 2.05) is 0 Å². The Bertz CT molecular complexity index is 3190. The molecule has 0 saturated heterocycles. The average Bonchev–Trinajstić information content (AvgIpc) is 3.49. The molecule has 0 bridgehead atoms. The summed E-state index contributed by atoms with van der Waals surface area (Å²) in [5.41, 5.74) is 16.7. The fraction of sp³-hybridized carbons (Fsp3) is 0.107. The van der Waals surface area contributed by atoms with Crippen molar-refractivity contribution in [2.24, 2.45) is 0 Å². The Hall–Kier alpha value is -6.48. The fourth-order valence-electron chi connectivity index (χ4n) is 11.5. The maximum Gasteiger partial charge on any atom is 0.113 e. The normalized spacial score (nSPS) is 17.3. The van der Waals surface area contributed by atoms with Gasteiger partial charge in [0.25, 0.3) is 0 Å². The average molecular weight is 758 g/mol. The van der Waals surface area contributed by atoms with Crippen molar-refractivity contribution in [3.8, 4) is 22.3 Å². The Morgan fingerprint density at radius 1 is 0.397 bits per heavy atom. The molecule has 2 aliphatic carbocycles. The van der Waals surface area contributed by atoms with Crippen molar-refractivity contribution in [1.82, 2.24) is 0 Å². The second kappa shape index (κ2) is 11.8. The van der Waals surface area contributed by atoms with Crippen molar-refractivity contribution in [1.29, 1.82) is 0 Å².